The van der Waals surface area contributed by atoms with Crippen molar-refractivity contribution in [1.82, 2.24) is 0 Å². The summed E-state index contributed by atoms with van der Waals surface area (Å²) < 4.78 is 12.3. The molecule has 9 heteroatoms. The van der Waals surface area contributed by atoms with Crippen LogP contribution in [0, 0.1) is 11.8 Å². The molecule has 2 fully saturated rings. The Balaban J connectivity index is 1.90. The van der Waals surface area contributed by atoms with Gasteiger partial charge in [-0.1, -0.05) is 56.1 Å². The smallest absolute Gasteiger partial charge is 0.219 e. The molecule has 0 aromatic heterocycles. The third-order valence-electron chi connectivity index (χ3n) is 7.95. The van der Waals surface area contributed by atoms with E-state index < -0.39 is 36.3 Å². The Labute approximate surface area is 218 Å². The minimum Gasteiger partial charge on any atom is -0.393 e. The molecule has 8 nitrogen and oxygen atoms in total. The van der Waals surface area contributed by atoms with Gasteiger partial charge in [-0.05, 0) is 56.8 Å². The lowest BCUT2D eigenvalue weighted by Gasteiger charge is -2.45. The first-order valence-corrected chi connectivity index (χ1v) is 14.0. The predicted octanol–water partition coefficient (Wildman–Crippen LogP) is 2.75. The van der Waals surface area contributed by atoms with E-state index in [0.717, 1.165) is 32.1 Å². The van der Waals surface area contributed by atoms with Crippen molar-refractivity contribution >= 4 is 15.9 Å². The van der Waals surface area contributed by atoms with Gasteiger partial charge < -0.3 is 40.1 Å². The van der Waals surface area contributed by atoms with Crippen LogP contribution in [0.2, 0.25) is 0 Å². The molecular weight excluding hydrogens is 520 g/mol. The van der Waals surface area contributed by atoms with Crippen molar-refractivity contribution in [3.05, 3.63) is 11.1 Å². The first kappa shape index (κ1) is 31.1. The van der Waals surface area contributed by atoms with Crippen LogP contribution in [0.1, 0.15) is 85.0 Å². The maximum absolute atomic E-state index is 11.2. The van der Waals surface area contributed by atoms with Crippen molar-refractivity contribution in [3.63, 3.8) is 0 Å². The molecule has 0 amide bonds. The molecule has 2 heterocycles. The number of unbranched alkanes of at least 4 members (excludes halogenated alkanes) is 1. The topological polar surface area (TPSA) is 140 Å². The second kappa shape index (κ2) is 14.2. The largest absolute Gasteiger partial charge is 0.393 e. The number of hydrogen-bond acceptors (Lipinski definition) is 8. The highest BCUT2D eigenvalue weighted by Gasteiger charge is 2.50. The van der Waals surface area contributed by atoms with E-state index in [1.165, 1.54) is 0 Å². The highest BCUT2D eigenvalue weighted by atomic mass is 79.9. The van der Waals surface area contributed by atoms with Gasteiger partial charge in [-0.15, -0.1) is 0 Å². The Morgan fingerprint density at radius 3 is 2.34 bits per heavy atom. The molecule has 2 saturated heterocycles. The minimum atomic E-state index is -2.11. The number of rotatable bonds is 14. The number of aliphatic hydroxyl groups is 6. The number of aliphatic hydroxyl groups excluding tert-OH is 5. The van der Waals surface area contributed by atoms with E-state index >= 15 is 0 Å². The van der Waals surface area contributed by atoms with Crippen molar-refractivity contribution in [2.24, 2.45) is 11.8 Å². The summed E-state index contributed by atoms with van der Waals surface area (Å²) in [6, 6.07) is 0. The molecule has 0 saturated carbocycles. The summed E-state index contributed by atoms with van der Waals surface area (Å²) in [7, 11) is 0. The average molecular weight is 568 g/mol. The SMILES string of the molecule is C=C(Br)[C@@H](O)C[C@H](O)[C@H](C)C(C)C[C@@H](O)C1(O)OC(C[C@@H]2CC[C@@H]([C@@H](O)CCCC)O2)CC[C@H]1O. The summed E-state index contributed by atoms with van der Waals surface area (Å²) in [5.74, 6) is -2.61. The highest BCUT2D eigenvalue weighted by molar-refractivity contribution is 9.11. The third-order valence-corrected chi connectivity index (χ3v) is 8.48. The Bertz CT molecular complexity index is 651. The lowest BCUT2D eigenvalue weighted by atomic mass is 9.81. The van der Waals surface area contributed by atoms with Crippen molar-refractivity contribution in [1.29, 1.82) is 0 Å². The molecule has 0 radical (unpaired) electrons. The molecule has 11 atom stereocenters. The van der Waals surface area contributed by atoms with Gasteiger partial charge in [0.15, 0.2) is 0 Å². The second-order valence-electron chi connectivity index (χ2n) is 10.8. The van der Waals surface area contributed by atoms with Gasteiger partial charge in [-0.2, -0.15) is 0 Å². The fourth-order valence-electron chi connectivity index (χ4n) is 5.19. The van der Waals surface area contributed by atoms with Crippen molar-refractivity contribution in [3.8, 4) is 0 Å². The molecule has 0 bridgehead atoms. The zero-order valence-corrected chi connectivity index (χ0v) is 23.0. The summed E-state index contributed by atoms with van der Waals surface area (Å²) in [5, 5.41) is 63.3. The van der Waals surface area contributed by atoms with E-state index in [1.807, 2.05) is 13.8 Å². The molecule has 35 heavy (non-hydrogen) atoms. The molecule has 2 rings (SSSR count). The van der Waals surface area contributed by atoms with E-state index in [4.69, 9.17) is 9.47 Å². The Morgan fingerprint density at radius 1 is 1.06 bits per heavy atom. The van der Waals surface area contributed by atoms with E-state index in [9.17, 15) is 30.6 Å². The summed E-state index contributed by atoms with van der Waals surface area (Å²) in [4.78, 5) is 0. The molecule has 0 aromatic rings. The standard InChI is InChI=1S/C26H47BrO8/c1-5-6-7-20(28)23-10-8-18(34-23)13-19-9-11-24(31)26(33,35-19)25(32)12-15(2)16(3)21(29)14-22(30)17(4)27/h15-16,18-25,28-33H,4-14H2,1-3H3/t15?,16-,18+,19?,20+,21+,22+,23+,24-,25-,26?/m1/s1. The van der Waals surface area contributed by atoms with Gasteiger partial charge in [-0.3, -0.25) is 0 Å². The van der Waals surface area contributed by atoms with Crippen LogP contribution in [0.4, 0.5) is 0 Å². The maximum Gasteiger partial charge on any atom is 0.219 e. The second-order valence-corrected chi connectivity index (χ2v) is 11.8. The van der Waals surface area contributed by atoms with Crippen molar-refractivity contribution in [2.45, 2.75) is 140 Å². The number of ether oxygens (including phenoxy) is 2. The fraction of sp³-hybridized carbons (Fsp3) is 0.923. The van der Waals surface area contributed by atoms with Crippen LogP contribution in [0.5, 0.6) is 0 Å². The van der Waals surface area contributed by atoms with E-state index in [-0.39, 0.29) is 43.0 Å². The number of halogens is 1. The Kier molecular flexibility index (Phi) is 12.6. The molecule has 0 spiro atoms. The average Bonchev–Trinajstić information content (AvgIpc) is 3.27. The van der Waals surface area contributed by atoms with Crippen LogP contribution in [-0.4, -0.2) is 85.3 Å². The van der Waals surface area contributed by atoms with Gasteiger partial charge in [0.25, 0.3) is 0 Å². The van der Waals surface area contributed by atoms with Gasteiger partial charge in [-0.25, -0.2) is 0 Å². The zero-order valence-electron chi connectivity index (χ0n) is 21.4. The maximum atomic E-state index is 11.2. The van der Waals surface area contributed by atoms with Gasteiger partial charge in [0, 0.05) is 10.9 Å². The van der Waals surface area contributed by atoms with E-state index in [2.05, 4.69) is 29.4 Å². The van der Waals surface area contributed by atoms with Gasteiger partial charge in [0.1, 0.15) is 12.2 Å². The molecule has 0 aliphatic carbocycles. The lowest BCUT2D eigenvalue weighted by molar-refractivity contribution is -0.340. The predicted molar refractivity (Wildman–Crippen MR) is 137 cm³/mol. The lowest BCUT2D eigenvalue weighted by Crippen LogP contribution is -2.59. The molecule has 2 aliphatic rings. The van der Waals surface area contributed by atoms with Crippen LogP contribution in [0.25, 0.3) is 0 Å². The summed E-state index contributed by atoms with van der Waals surface area (Å²) in [6.07, 6.45) is 0.432. The first-order valence-electron chi connectivity index (χ1n) is 13.2. The van der Waals surface area contributed by atoms with Crippen LogP contribution in [0.15, 0.2) is 11.1 Å². The molecule has 0 aromatic carbocycles. The zero-order chi connectivity index (χ0) is 26.3. The van der Waals surface area contributed by atoms with E-state index in [1.54, 1.807) is 0 Å². The normalized spacial score (nSPS) is 34.7. The quantitative estimate of drug-likeness (QED) is 0.188. The summed E-state index contributed by atoms with van der Waals surface area (Å²) in [6.45, 7) is 9.38. The van der Waals surface area contributed by atoms with Crippen LogP contribution < -0.4 is 0 Å². The monoisotopic (exact) mass is 566 g/mol. The van der Waals surface area contributed by atoms with Crippen LogP contribution in [-0.2, 0) is 9.47 Å². The molecule has 206 valence electrons. The highest BCUT2D eigenvalue weighted by Crippen LogP contribution is 2.37. The molecular formula is C26H47BrO8. The Morgan fingerprint density at radius 2 is 1.71 bits per heavy atom. The van der Waals surface area contributed by atoms with Crippen LogP contribution in [0.3, 0.4) is 0 Å². The minimum absolute atomic E-state index is 0.0948. The van der Waals surface area contributed by atoms with Gasteiger partial charge in [0.05, 0.1) is 36.6 Å². The van der Waals surface area contributed by atoms with Crippen molar-refractivity contribution < 1.29 is 40.1 Å². The summed E-state index contributed by atoms with van der Waals surface area (Å²) >= 11 is 3.12. The number of hydrogen-bond donors (Lipinski definition) is 6. The molecule has 2 aliphatic heterocycles. The molecule has 3 unspecified atom stereocenters. The summed E-state index contributed by atoms with van der Waals surface area (Å²) in [5.41, 5.74) is 0. The van der Waals surface area contributed by atoms with E-state index in [0.29, 0.717) is 23.7 Å². The first-order chi connectivity index (χ1) is 16.4. The molecule has 6 N–H and O–H groups in total. The third kappa shape index (κ3) is 8.72. The van der Waals surface area contributed by atoms with Crippen molar-refractivity contribution in [2.75, 3.05) is 0 Å². The Hall–Kier alpha value is -0.100. The fourth-order valence-corrected chi connectivity index (χ4v) is 5.38. The van der Waals surface area contributed by atoms with Gasteiger partial charge >= 0.3 is 0 Å². The van der Waals surface area contributed by atoms with Crippen LogP contribution >= 0.6 is 15.9 Å². The van der Waals surface area contributed by atoms with Gasteiger partial charge in [0.2, 0.25) is 5.79 Å².